The van der Waals surface area contributed by atoms with E-state index in [0.29, 0.717) is 12.3 Å². The van der Waals surface area contributed by atoms with Crippen LogP contribution in [0, 0.1) is 23.7 Å². The molecule has 4 aliphatic carbocycles. The van der Waals surface area contributed by atoms with Gasteiger partial charge in [0.1, 0.15) is 5.25 Å². The van der Waals surface area contributed by atoms with Gasteiger partial charge in [0.25, 0.3) is 0 Å². The molecule has 6 heteroatoms. The molecule has 0 radical (unpaired) electrons. The molecule has 142 valence electrons. The number of hydrogen-bond acceptors (Lipinski definition) is 4. The molecule has 2 amide bonds. The Balaban J connectivity index is 1.23. The second-order valence-electron chi connectivity index (χ2n) is 9.43. The Morgan fingerprint density at radius 2 is 1.92 bits per heavy atom. The maximum Gasteiger partial charge on any atom is 0.240 e. The molecule has 3 unspecified atom stereocenters. The molecular formula is C20H29N3O2S. The molecule has 26 heavy (non-hydrogen) atoms. The van der Waals surface area contributed by atoms with Crippen LogP contribution >= 0.6 is 11.8 Å². The van der Waals surface area contributed by atoms with Gasteiger partial charge >= 0.3 is 0 Å². The predicted octanol–water partition coefficient (Wildman–Crippen LogP) is 2.80. The third-order valence-electron chi connectivity index (χ3n) is 7.54. The summed E-state index contributed by atoms with van der Waals surface area (Å²) >= 11 is 1.50. The second kappa shape index (κ2) is 6.25. The standard InChI is InChI=1S/C20H29N3O2S/c1-12-2-4-23(5-3-12)17(24)9-16-18(25)21-19(26-16)22-20-10-13-6-14(11-20)8-15(20)7-13/h12-16H,2-11H2,1H3,(H,21,22,25). The smallest absolute Gasteiger partial charge is 0.240 e. The zero-order valence-electron chi connectivity index (χ0n) is 15.6. The van der Waals surface area contributed by atoms with Gasteiger partial charge in [-0.25, -0.2) is 0 Å². The van der Waals surface area contributed by atoms with Crippen LogP contribution in [0.25, 0.3) is 0 Å². The molecule has 1 N–H and O–H groups in total. The minimum atomic E-state index is -0.298. The number of piperidine rings is 1. The number of rotatable bonds is 3. The molecule has 6 fully saturated rings. The predicted molar refractivity (Wildman–Crippen MR) is 103 cm³/mol. The van der Waals surface area contributed by atoms with E-state index in [-0.39, 0.29) is 22.6 Å². The van der Waals surface area contributed by atoms with Crippen molar-refractivity contribution < 1.29 is 9.59 Å². The first kappa shape index (κ1) is 17.1. The van der Waals surface area contributed by atoms with Crippen molar-refractivity contribution >= 4 is 28.7 Å². The minimum absolute atomic E-state index is 0.0263. The lowest BCUT2D eigenvalue weighted by molar-refractivity contribution is -0.134. The Morgan fingerprint density at radius 3 is 2.62 bits per heavy atom. The Bertz CT molecular complexity index is 641. The van der Waals surface area contributed by atoms with Gasteiger partial charge in [-0.3, -0.25) is 14.6 Å². The van der Waals surface area contributed by atoms with Crippen molar-refractivity contribution in [2.24, 2.45) is 28.7 Å². The van der Waals surface area contributed by atoms with Crippen LogP contribution in [0.3, 0.4) is 0 Å². The summed E-state index contributed by atoms with van der Waals surface area (Å²) in [5.41, 5.74) is 0.102. The molecule has 6 rings (SSSR count). The minimum Gasteiger partial charge on any atom is -0.343 e. The average Bonchev–Trinajstić information content (AvgIpc) is 3.13. The second-order valence-corrected chi connectivity index (χ2v) is 10.6. The summed E-state index contributed by atoms with van der Waals surface area (Å²) in [6.07, 6.45) is 8.96. The van der Waals surface area contributed by atoms with E-state index in [0.717, 1.165) is 48.9 Å². The fourth-order valence-electron chi connectivity index (χ4n) is 6.28. The van der Waals surface area contributed by atoms with Crippen LogP contribution in [0.15, 0.2) is 4.99 Å². The maximum atomic E-state index is 12.6. The first-order valence-corrected chi connectivity index (χ1v) is 11.2. The van der Waals surface area contributed by atoms with Gasteiger partial charge in [0.15, 0.2) is 5.17 Å². The largest absolute Gasteiger partial charge is 0.343 e. The molecule has 2 saturated heterocycles. The Hall–Kier alpha value is -1.04. The van der Waals surface area contributed by atoms with Gasteiger partial charge in [-0.05, 0) is 68.6 Å². The van der Waals surface area contributed by atoms with E-state index in [1.165, 1.54) is 43.9 Å². The van der Waals surface area contributed by atoms with E-state index in [9.17, 15) is 9.59 Å². The highest BCUT2D eigenvalue weighted by Gasteiger charge is 2.58. The van der Waals surface area contributed by atoms with Crippen LogP contribution in [0.2, 0.25) is 0 Å². The molecule has 0 aromatic heterocycles. The quantitative estimate of drug-likeness (QED) is 0.825. The van der Waals surface area contributed by atoms with E-state index in [1.54, 1.807) is 0 Å². The van der Waals surface area contributed by atoms with E-state index < -0.39 is 0 Å². The lowest BCUT2D eigenvalue weighted by Gasteiger charge is -2.30. The van der Waals surface area contributed by atoms with E-state index in [4.69, 9.17) is 4.99 Å². The Morgan fingerprint density at radius 1 is 1.23 bits per heavy atom. The molecule has 6 aliphatic rings. The molecule has 3 atom stereocenters. The maximum absolute atomic E-state index is 12.6. The molecule has 0 spiro atoms. The summed E-state index contributed by atoms with van der Waals surface area (Å²) in [6.45, 7) is 3.93. The number of carbonyl (C=O) groups is 2. The van der Waals surface area contributed by atoms with Crippen LogP contribution < -0.4 is 5.32 Å². The number of hydrogen-bond donors (Lipinski definition) is 1. The van der Waals surface area contributed by atoms with Gasteiger partial charge in [0.2, 0.25) is 11.8 Å². The van der Waals surface area contributed by atoms with Crippen LogP contribution in [-0.2, 0) is 9.59 Å². The van der Waals surface area contributed by atoms with Crippen molar-refractivity contribution in [2.45, 2.75) is 69.1 Å². The number of aliphatic imine (C=N–C) groups is 1. The average molecular weight is 376 g/mol. The highest BCUT2D eigenvalue weighted by Crippen LogP contribution is 2.62. The topological polar surface area (TPSA) is 61.8 Å². The van der Waals surface area contributed by atoms with Gasteiger partial charge in [-0.2, -0.15) is 0 Å². The molecule has 0 aromatic carbocycles. The van der Waals surface area contributed by atoms with Gasteiger partial charge < -0.3 is 10.2 Å². The van der Waals surface area contributed by atoms with Crippen LogP contribution in [-0.4, -0.2) is 45.8 Å². The molecule has 2 heterocycles. The number of thioether (sulfide) groups is 1. The van der Waals surface area contributed by atoms with Gasteiger partial charge in [-0.15, -0.1) is 0 Å². The highest BCUT2D eigenvalue weighted by atomic mass is 32.2. The summed E-state index contributed by atoms with van der Waals surface area (Å²) < 4.78 is 0. The summed E-state index contributed by atoms with van der Waals surface area (Å²) in [5, 5.41) is 3.47. The van der Waals surface area contributed by atoms with Crippen LogP contribution in [0.5, 0.6) is 0 Å². The number of likely N-dealkylation sites (tertiary alicyclic amines) is 1. The third kappa shape index (κ3) is 2.88. The SMILES string of the molecule is CC1CCN(C(=O)CC2SC(=NC34CC5CC(CC3C5)C4)NC2=O)CC1. The summed E-state index contributed by atoms with van der Waals surface area (Å²) in [6, 6.07) is 0. The molecule has 4 saturated carbocycles. The lowest BCUT2D eigenvalue weighted by Crippen LogP contribution is -2.40. The number of nitrogens with one attached hydrogen (secondary N) is 1. The first-order chi connectivity index (χ1) is 12.5. The van der Waals surface area contributed by atoms with Gasteiger partial charge in [-0.1, -0.05) is 18.7 Å². The molecule has 5 nitrogen and oxygen atoms in total. The van der Waals surface area contributed by atoms with Crippen molar-refractivity contribution in [2.75, 3.05) is 13.1 Å². The fourth-order valence-corrected chi connectivity index (χ4v) is 7.33. The van der Waals surface area contributed by atoms with Crippen LogP contribution in [0.1, 0.15) is 58.3 Å². The van der Waals surface area contributed by atoms with Crippen molar-refractivity contribution in [3.05, 3.63) is 0 Å². The number of nitrogens with zero attached hydrogens (tertiary/aromatic N) is 2. The zero-order valence-corrected chi connectivity index (χ0v) is 16.4. The number of amides is 2. The summed E-state index contributed by atoms with van der Waals surface area (Å²) in [5.74, 6) is 3.26. The van der Waals surface area contributed by atoms with Gasteiger partial charge in [0, 0.05) is 19.5 Å². The van der Waals surface area contributed by atoms with Crippen molar-refractivity contribution in [3.8, 4) is 0 Å². The van der Waals surface area contributed by atoms with E-state index in [1.807, 2.05) is 4.90 Å². The van der Waals surface area contributed by atoms with E-state index in [2.05, 4.69) is 12.2 Å². The molecule has 2 aliphatic heterocycles. The number of carbonyl (C=O) groups excluding carboxylic acids is 2. The summed E-state index contributed by atoms with van der Waals surface area (Å²) in [7, 11) is 0. The molecular weight excluding hydrogens is 346 g/mol. The zero-order chi connectivity index (χ0) is 17.9. The van der Waals surface area contributed by atoms with Gasteiger partial charge in [0.05, 0.1) is 5.54 Å². The fraction of sp³-hybridized carbons (Fsp3) is 0.850. The summed E-state index contributed by atoms with van der Waals surface area (Å²) in [4.78, 5) is 32.0. The van der Waals surface area contributed by atoms with Crippen LogP contribution in [0.4, 0.5) is 0 Å². The third-order valence-corrected chi connectivity index (χ3v) is 8.63. The normalized spacial score (nSPS) is 43.5. The number of amidine groups is 1. The van der Waals surface area contributed by atoms with Crippen molar-refractivity contribution in [1.82, 2.24) is 10.2 Å². The monoisotopic (exact) mass is 375 g/mol. The highest BCUT2D eigenvalue weighted by molar-refractivity contribution is 8.15. The first-order valence-electron chi connectivity index (χ1n) is 10.4. The lowest BCUT2D eigenvalue weighted by atomic mass is 9.81. The Labute approximate surface area is 159 Å². The van der Waals surface area contributed by atoms with E-state index >= 15 is 0 Å². The van der Waals surface area contributed by atoms with Crippen molar-refractivity contribution in [3.63, 3.8) is 0 Å². The molecule has 0 aromatic rings. The van der Waals surface area contributed by atoms with Crippen molar-refractivity contribution in [1.29, 1.82) is 0 Å². The molecule has 4 bridgehead atoms. The Kier molecular flexibility index (Phi) is 4.11.